The highest BCUT2D eigenvalue weighted by atomic mass is 16.2. The highest BCUT2D eigenvalue weighted by molar-refractivity contribution is 6.04. The topological polar surface area (TPSA) is 79.7 Å². The third kappa shape index (κ3) is 3.40. The number of amides is 1. The molecule has 0 spiro atoms. The third-order valence-electron chi connectivity index (χ3n) is 5.57. The quantitative estimate of drug-likeness (QED) is 0.584. The van der Waals surface area contributed by atoms with Crippen molar-refractivity contribution in [1.29, 1.82) is 0 Å². The van der Waals surface area contributed by atoms with E-state index in [0.29, 0.717) is 12.2 Å². The molecule has 0 aliphatic carbocycles. The number of rotatable bonds is 4. The first-order valence-electron chi connectivity index (χ1n) is 9.92. The Morgan fingerprint density at radius 2 is 2.10 bits per heavy atom. The fourth-order valence-corrected chi connectivity index (χ4v) is 4.15. The van der Waals surface area contributed by atoms with Crippen LogP contribution in [0.5, 0.6) is 0 Å². The van der Waals surface area contributed by atoms with Crippen LogP contribution in [0.3, 0.4) is 0 Å². The molecule has 7 heteroatoms. The molecule has 5 rings (SSSR count). The van der Waals surface area contributed by atoms with Crippen LogP contribution in [0.15, 0.2) is 61.2 Å². The van der Waals surface area contributed by atoms with E-state index in [1.165, 1.54) is 0 Å². The Morgan fingerprint density at radius 3 is 3.00 bits per heavy atom. The minimum atomic E-state index is -0.0162. The number of aromatic nitrogens is 5. The zero-order chi connectivity index (χ0) is 19.6. The molecule has 4 heterocycles. The highest BCUT2D eigenvalue weighted by Crippen LogP contribution is 2.28. The maximum Gasteiger partial charge on any atom is 0.275 e. The van der Waals surface area contributed by atoms with Crippen LogP contribution in [0.25, 0.3) is 10.9 Å². The van der Waals surface area contributed by atoms with Gasteiger partial charge in [-0.3, -0.25) is 14.9 Å². The van der Waals surface area contributed by atoms with Crippen molar-refractivity contribution in [3.8, 4) is 0 Å². The van der Waals surface area contributed by atoms with Gasteiger partial charge in [0.15, 0.2) is 5.69 Å². The van der Waals surface area contributed by atoms with E-state index >= 15 is 0 Å². The van der Waals surface area contributed by atoms with Gasteiger partial charge in [0.1, 0.15) is 5.82 Å². The van der Waals surface area contributed by atoms with Crippen molar-refractivity contribution < 1.29 is 4.79 Å². The van der Waals surface area contributed by atoms with E-state index in [9.17, 15) is 4.79 Å². The van der Waals surface area contributed by atoms with E-state index < -0.39 is 0 Å². The van der Waals surface area contributed by atoms with E-state index in [-0.39, 0.29) is 11.8 Å². The summed E-state index contributed by atoms with van der Waals surface area (Å²) in [5, 5.41) is 8.12. The van der Waals surface area contributed by atoms with Gasteiger partial charge in [0, 0.05) is 49.2 Å². The molecule has 1 atom stereocenters. The molecule has 1 aromatic carbocycles. The van der Waals surface area contributed by atoms with Crippen molar-refractivity contribution in [2.24, 2.45) is 0 Å². The number of likely N-dealkylation sites (tertiary alicyclic amines) is 1. The number of hydrogen-bond donors (Lipinski definition) is 1. The second-order valence-electron chi connectivity index (χ2n) is 7.48. The lowest BCUT2D eigenvalue weighted by molar-refractivity contribution is 0.0699. The minimum absolute atomic E-state index is 0.0162. The number of carbonyl (C=O) groups excluding carboxylic acids is 1. The number of nitrogens with one attached hydrogen (secondary N) is 1. The first-order valence-corrected chi connectivity index (χ1v) is 9.92. The lowest BCUT2D eigenvalue weighted by atomic mass is 9.96. The fraction of sp³-hybridized carbons (Fsp3) is 0.273. The number of pyridine rings is 1. The lowest BCUT2D eigenvalue weighted by Gasteiger charge is -2.32. The Labute approximate surface area is 168 Å². The molecule has 1 unspecified atom stereocenters. The summed E-state index contributed by atoms with van der Waals surface area (Å²) in [5.41, 5.74) is 2.52. The van der Waals surface area contributed by atoms with Crippen molar-refractivity contribution in [3.63, 3.8) is 0 Å². The summed E-state index contributed by atoms with van der Waals surface area (Å²) in [5.74, 6) is 1.22. The van der Waals surface area contributed by atoms with Crippen molar-refractivity contribution in [2.75, 3.05) is 13.1 Å². The van der Waals surface area contributed by atoms with Crippen molar-refractivity contribution in [2.45, 2.75) is 25.3 Å². The van der Waals surface area contributed by atoms with E-state index in [0.717, 1.165) is 48.2 Å². The van der Waals surface area contributed by atoms with Gasteiger partial charge in [0.05, 0.1) is 12.1 Å². The van der Waals surface area contributed by atoms with E-state index in [2.05, 4.69) is 30.8 Å². The van der Waals surface area contributed by atoms with E-state index in [4.69, 9.17) is 0 Å². The van der Waals surface area contributed by atoms with Crippen LogP contribution >= 0.6 is 0 Å². The summed E-state index contributed by atoms with van der Waals surface area (Å²) >= 11 is 0. The number of nitrogens with zero attached hydrogens (tertiary/aromatic N) is 5. The van der Waals surface area contributed by atoms with Gasteiger partial charge >= 0.3 is 0 Å². The van der Waals surface area contributed by atoms with E-state index in [1.807, 2.05) is 53.8 Å². The molecule has 3 aromatic heterocycles. The minimum Gasteiger partial charge on any atom is -0.337 e. The second kappa shape index (κ2) is 7.50. The molecular formula is C22H22N6O. The van der Waals surface area contributed by atoms with Crippen LogP contribution in [0.1, 0.15) is 40.6 Å². The Morgan fingerprint density at radius 1 is 1.17 bits per heavy atom. The monoisotopic (exact) mass is 386 g/mol. The molecule has 1 fully saturated rings. The zero-order valence-corrected chi connectivity index (χ0v) is 16.0. The number of benzene rings is 1. The largest absolute Gasteiger partial charge is 0.337 e. The molecule has 0 bridgehead atoms. The summed E-state index contributed by atoms with van der Waals surface area (Å²) in [7, 11) is 0. The Bertz CT molecular complexity index is 1130. The number of piperidine rings is 1. The molecule has 29 heavy (non-hydrogen) atoms. The smallest absolute Gasteiger partial charge is 0.275 e. The number of hydrogen-bond acceptors (Lipinski definition) is 4. The maximum absolute atomic E-state index is 13.2. The number of carbonyl (C=O) groups is 1. The summed E-state index contributed by atoms with van der Waals surface area (Å²) in [6.07, 6.45) is 9.48. The number of fused-ring (bicyclic) bond motifs is 1. The molecule has 1 aliphatic rings. The molecule has 1 N–H and O–H groups in total. The van der Waals surface area contributed by atoms with Crippen molar-refractivity contribution in [3.05, 3.63) is 78.3 Å². The molecule has 4 aromatic rings. The molecule has 146 valence electrons. The maximum atomic E-state index is 13.2. The fourth-order valence-electron chi connectivity index (χ4n) is 4.15. The summed E-state index contributed by atoms with van der Waals surface area (Å²) in [6, 6.07) is 11.8. The predicted molar refractivity (Wildman–Crippen MR) is 110 cm³/mol. The lowest BCUT2D eigenvalue weighted by Crippen LogP contribution is -2.40. The first kappa shape index (κ1) is 17.6. The molecule has 0 saturated carbocycles. The number of aromatic amines is 1. The average Bonchev–Trinajstić information content (AvgIpc) is 3.41. The molecule has 0 radical (unpaired) electrons. The number of imidazole rings is 1. The number of para-hydroxylation sites is 1. The summed E-state index contributed by atoms with van der Waals surface area (Å²) < 4.78 is 2.17. The predicted octanol–water partition coefficient (Wildman–Crippen LogP) is 3.22. The third-order valence-corrected chi connectivity index (χ3v) is 5.57. The highest BCUT2D eigenvalue weighted by Gasteiger charge is 2.29. The second-order valence-corrected chi connectivity index (χ2v) is 7.48. The van der Waals surface area contributed by atoms with Gasteiger partial charge in [0.25, 0.3) is 5.91 Å². The Balaban J connectivity index is 1.36. The van der Waals surface area contributed by atoms with Crippen LogP contribution in [0.4, 0.5) is 0 Å². The van der Waals surface area contributed by atoms with Crippen LogP contribution in [-0.4, -0.2) is 48.6 Å². The molecule has 1 aliphatic heterocycles. The Hall–Kier alpha value is -3.48. The average molecular weight is 386 g/mol. The van der Waals surface area contributed by atoms with Gasteiger partial charge < -0.3 is 9.47 Å². The SMILES string of the molecule is O=C(c1n[nH]c2ccccc12)N1CCCC(c2nccn2Cc2cccnc2)C1. The van der Waals surface area contributed by atoms with Gasteiger partial charge in [-0.2, -0.15) is 5.10 Å². The van der Waals surface area contributed by atoms with Gasteiger partial charge in [-0.05, 0) is 30.5 Å². The standard InChI is InChI=1S/C22H22N6O/c29-22(20-18-7-1-2-8-19(18)25-26-20)28-11-4-6-17(15-28)21-24-10-12-27(21)14-16-5-3-9-23-13-16/h1-3,5,7-10,12-13,17H,4,6,11,14-15H2,(H,25,26). The van der Waals surface area contributed by atoms with Crippen LogP contribution < -0.4 is 0 Å². The van der Waals surface area contributed by atoms with Crippen LogP contribution in [0, 0.1) is 0 Å². The van der Waals surface area contributed by atoms with Crippen LogP contribution in [0.2, 0.25) is 0 Å². The summed E-state index contributed by atoms with van der Waals surface area (Å²) in [6.45, 7) is 2.14. The number of H-pyrrole nitrogens is 1. The first-order chi connectivity index (χ1) is 14.3. The zero-order valence-electron chi connectivity index (χ0n) is 16.0. The normalized spacial score (nSPS) is 17.0. The summed E-state index contributed by atoms with van der Waals surface area (Å²) in [4.78, 5) is 23.9. The van der Waals surface area contributed by atoms with Gasteiger partial charge in [-0.25, -0.2) is 4.98 Å². The van der Waals surface area contributed by atoms with Crippen molar-refractivity contribution >= 4 is 16.8 Å². The van der Waals surface area contributed by atoms with Gasteiger partial charge in [0.2, 0.25) is 0 Å². The molecule has 7 nitrogen and oxygen atoms in total. The van der Waals surface area contributed by atoms with Crippen LogP contribution in [-0.2, 0) is 6.54 Å². The Kier molecular flexibility index (Phi) is 4.56. The van der Waals surface area contributed by atoms with Gasteiger partial charge in [-0.1, -0.05) is 24.3 Å². The molecule has 1 amide bonds. The molecular weight excluding hydrogens is 364 g/mol. The molecule has 1 saturated heterocycles. The van der Waals surface area contributed by atoms with E-state index in [1.54, 1.807) is 6.20 Å². The van der Waals surface area contributed by atoms with Gasteiger partial charge in [-0.15, -0.1) is 0 Å². The van der Waals surface area contributed by atoms with Crippen molar-refractivity contribution in [1.82, 2.24) is 29.6 Å².